The molecule has 1 unspecified atom stereocenters. The molecule has 1 aromatic carbocycles. The zero-order chi connectivity index (χ0) is 16.8. The van der Waals surface area contributed by atoms with Crippen molar-refractivity contribution in [3.8, 4) is 0 Å². The Balaban J connectivity index is 1.91. The minimum absolute atomic E-state index is 0.113. The standard InChI is InChI=1S/C16H23N3O4/c1-12-4-3-5-14(15(12)19(21)22)16(20)17-10-13-6-7-18(11-13)8-9-23-2/h3-5,13H,6-11H2,1-2H3,(H,17,20). The van der Waals surface area contributed by atoms with Crippen molar-refractivity contribution in [1.82, 2.24) is 10.2 Å². The molecule has 1 aromatic rings. The van der Waals surface area contributed by atoms with Gasteiger partial charge in [0.05, 0.1) is 11.5 Å². The van der Waals surface area contributed by atoms with Crippen LogP contribution < -0.4 is 5.32 Å². The minimum atomic E-state index is -0.494. The third-order valence-electron chi connectivity index (χ3n) is 4.20. The lowest BCUT2D eigenvalue weighted by atomic mass is 10.1. The van der Waals surface area contributed by atoms with Crippen LogP contribution in [0.2, 0.25) is 0 Å². The lowest BCUT2D eigenvalue weighted by molar-refractivity contribution is -0.385. The van der Waals surface area contributed by atoms with Gasteiger partial charge in [0, 0.05) is 32.3 Å². The number of hydrogen-bond acceptors (Lipinski definition) is 5. The third-order valence-corrected chi connectivity index (χ3v) is 4.20. The van der Waals surface area contributed by atoms with Gasteiger partial charge in [-0.05, 0) is 31.9 Å². The number of benzene rings is 1. The number of nitro benzene ring substituents is 1. The first-order valence-corrected chi connectivity index (χ1v) is 7.76. The molecular weight excluding hydrogens is 298 g/mol. The van der Waals surface area contributed by atoms with Crippen molar-refractivity contribution < 1.29 is 14.5 Å². The molecule has 0 spiro atoms. The topological polar surface area (TPSA) is 84.7 Å². The van der Waals surface area contributed by atoms with E-state index in [2.05, 4.69) is 10.2 Å². The van der Waals surface area contributed by atoms with Gasteiger partial charge in [-0.15, -0.1) is 0 Å². The average Bonchev–Trinajstić information content (AvgIpc) is 2.97. The van der Waals surface area contributed by atoms with Crippen LogP contribution in [-0.2, 0) is 4.74 Å². The van der Waals surface area contributed by atoms with Gasteiger partial charge in [-0.25, -0.2) is 0 Å². The number of carbonyl (C=O) groups excluding carboxylic acids is 1. The molecule has 7 nitrogen and oxygen atoms in total. The fourth-order valence-corrected chi connectivity index (χ4v) is 2.92. The van der Waals surface area contributed by atoms with Gasteiger partial charge >= 0.3 is 0 Å². The van der Waals surface area contributed by atoms with Crippen LogP contribution in [0, 0.1) is 23.0 Å². The van der Waals surface area contributed by atoms with E-state index < -0.39 is 4.92 Å². The van der Waals surface area contributed by atoms with Crippen molar-refractivity contribution >= 4 is 11.6 Å². The lowest BCUT2D eigenvalue weighted by Gasteiger charge is -2.15. The first-order valence-electron chi connectivity index (χ1n) is 7.76. The molecule has 1 atom stereocenters. The number of ether oxygens (including phenoxy) is 1. The SMILES string of the molecule is COCCN1CCC(CNC(=O)c2cccc(C)c2[N+](=O)[O-])C1. The second-order valence-corrected chi connectivity index (χ2v) is 5.89. The maximum absolute atomic E-state index is 12.3. The molecule has 1 N–H and O–H groups in total. The zero-order valence-electron chi connectivity index (χ0n) is 13.6. The molecule has 2 rings (SSSR count). The van der Waals surface area contributed by atoms with Crippen LogP contribution in [-0.4, -0.2) is 55.6 Å². The van der Waals surface area contributed by atoms with Crippen molar-refractivity contribution in [2.45, 2.75) is 13.3 Å². The van der Waals surface area contributed by atoms with E-state index in [-0.39, 0.29) is 17.2 Å². The molecule has 1 aliphatic rings. The van der Waals surface area contributed by atoms with Crippen LogP contribution in [0.1, 0.15) is 22.3 Å². The number of methoxy groups -OCH3 is 1. The summed E-state index contributed by atoms with van der Waals surface area (Å²) in [5.74, 6) is -0.00425. The Morgan fingerprint density at radius 3 is 3.00 bits per heavy atom. The normalized spacial score (nSPS) is 18.1. The summed E-state index contributed by atoms with van der Waals surface area (Å²) in [4.78, 5) is 25.2. The first-order chi connectivity index (χ1) is 11.0. The molecule has 126 valence electrons. The summed E-state index contributed by atoms with van der Waals surface area (Å²) in [6, 6.07) is 4.80. The second-order valence-electron chi connectivity index (χ2n) is 5.89. The number of nitrogens with one attached hydrogen (secondary N) is 1. The molecule has 0 aliphatic carbocycles. The number of nitro groups is 1. The predicted octanol–water partition coefficient (Wildman–Crippen LogP) is 1.60. The van der Waals surface area contributed by atoms with Gasteiger partial charge in [0.15, 0.2) is 0 Å². The third kappa shape index (κ3) is 4.49. The van der Waals surface area contributed by atoms with Crippen LogP contribution in [0.3, 0.4) is 0 Å². The largest absolute Gasteiger partial charge is 0.383 e. The number of aryl methyl sites for hydroxylation is 1. The molecule has 1 saturated heterocycles. The Hall–Kier alpha value is -1.99. The van der Waals surface area contributed by atoms with Crippen molar-refractivity contribution in [3.63, 3.8) is 0 Å². The van der Waals surface area contributed by atoms with Gasteiger partial charge in [-0.2, -0.15) is 0 Å². The van der Waals surface area contributed by atoms with Crippen molar-refractivity contribution in [2.24, 2.45) is 5.92 Å². The number of hydrogen-bond donors (Lipinski definition) is 1. The molecule has 0 bridgehead atoms. The molecule has 0 radical (unpaired) electrons. The summed E-state index contributed by atoms with van der Waals surface area (Å²) < 4.78 is 5.07. The Labute approximate surface area is 135 Å². The monoisotopic (exact) mass is 321 g/mol. The maximum Gasteiger partial charge on any atom is 0.285 e. The van der Waals surface area contributed by atoms with E-state index in [9.17, 15) is 14.9 Å². The van der Waals surface area contributed by atoms with Crippen LogP contribution in [0.25, 0.3) is 0 Å². The molecular formula is C16H23N3O4. The van der Waals surface area contributed by atoms with Gasteiger partial charge in [-0.1, -0.05) is 12.1 Å². The summed E-state index contributed by atoms with van der Waals surface area (Å²) in [7, 11) is 1.68. The van der Waals surface area contributed by atoms with E-state index in [1.54, 1.807) is 26.2 Å². The summed E-state index contributed by atoms with van der Waals surface area (Å²) in [6.45, 7) is 5.68. The van der Waals surface area contributed by atoms with Crippen molar-refractivity contribution in [1.29, 1.82) is 0 Å². The lowest BCUT2D eigenvalue weighted by Crippen LogP contribution is -2.32. The van der Waals surface area contributed by atoms with E-state index in [1.165, 1.54) is 6.07 Å². The second kappa shape index (κ2) is 8.03. The summed E-state index contributed by atoms with van der Waals surface area (Å²) >= 11 is 0. The van der Waals surface area contributed by atoms with Crippen molar-refractivity contribution in [2.75, 3.05) is 39.9 Å². The number of rotatable bonds is 7. The fourth-order valence-electron chi connectivity index (χ4n) is 2.92. The maximum atomic E-state index is 12.3. The minimum Gasteiger partial charge on any atom is -0.383 e. The average molecular weight is 321 g/mol. The number of amides is 1. The molecule has 1 aliphatic heterocycles. The summed E-state index contributed by atoms with van der Waals surface area (Å²) in [5.41, 5.74) is 0.511. The van der Waals surface area contributed by atoms with Crippen LogP contribution in [0.5, 0.6) is 0 Å². The Morgan fingerprint density at radius 1 is 1.52 bits per heavy atom. The quantitative estimate of drug-likeness (QED) is 0.609. The number of nitrogens with zero attached hydrogens (tertiary/aromatic N) is 2. The van der Waals surface area contributed by atoms with Gasteiger partial charge < -0.3 is 15.0 Å². The fraction of sp³-hybridized carbons (Fsp3) is 0.562. The van der Waals surface area contributed by atoms with E-state index in [4.69, 9.17) is 4.74 Å². The Bertz CT molecular complexity index is 576. The van der Waals surface area contributed by atoms with Gasteiger partial charge in [0.1, 0.15) is 5.56 Å². The highest BCUT2D eigenvalue weighted by Crippen LogP contribution is 2.23. The molecule has 1 amide bonds. The van der Waals surface area contributed by atoms with E-state index in [1.807, 2.05) is 0 Å². The number of carbonyl (C=O) groups is 1. The summed E-state index contributed by atoms with van der Waals surface area (Å²) in [6.07, 6.45) is 1.01. The predicted molar refractivity (Wildman–Crippen MR) is 86.6 cm³/mol. The van der Waals surface area contributed by atoms with Gasteiger partial charge in [-0.3, -0.25) is 14.9 Å². The molecule has 0 saturated carbocycles. The highest BCUT2D eigenvalue weighted by molar-refractivity contribution is 5.98. The number of para-hydroxylation sites is 1. The van der Waals surface area contributed by atoms with Crippen LogP contribution in [0.4, 0.5) is 5.69 Å². The zero-order valence-corrected chi connectivity index (χ0v) is 13.6. The molecule has 1 heterocycles. The molecule has 7 heteroatoms. The number of likely N-dealkylation sites (tertiary alicyclic amines) is 1. The van der Waals surface area contributed by atoms with Crippen molar-refractivity contribution in [3.05, 3.63) is 39.4 Å². The van der Waals surface area contributed by atoms with E-state index in [0.717, 1.165) is 26.1 Å². The van der Waals surface area contributed by atoms with Crippen LogP contribution >= 0.6 is 0 Å². The highest BCUT2D eigenvalue weighted by atomic mass is 16.6. The van der Waals surface area contributed by atoms with E-state index in [0.29, 0.717) is 24.6 Å². The molecule has 1 fully saturated rings. The Morgan fingerprint density at radius 2 is 2.30 bits per heavy atom. The smallest absolute Gasteiger partial charge is 0.285 e. The van der Waals surface area contributed by atoms with Crippen LogP contribution in [0.15, 0.2) is 18.2 Å². The summed E-state index contributed by atoms with van der Waals surface area (Å²) in [5, 5.41) is 14.0. The first kappa shape index (κ1) is 17.4. The highest BCUT2D eigenvalue weighted by Gasteiger charge is 2.25. The molecule has 23 heavy (non-hydrogen) atoms. The van der Waals surface area contributed by atoms with Gasteiger partial charge in [0.2, 0.25) is 0 Å². The van der Waals surface area contributed by atoms with Gasteiger partial charge in [0.25, 0.3) is 11.6 Å². The Kier molecular flexibility index (Phi) is 6.06. The van der Waals surface area contributed by atoms with E-state index >= 15 is 0 Å². The molecule has 0 aromatic heterocycles.